The predicted molar refractivity (Wildman–Crippen MR) is 87.6 cm³/mol. The first-order chi connectivity index (χ1) is 12.1. The molecular formula is C19H17NO5. The third-order valence-corrected chi connectivity index (χ3v) is 4.55. The van der Waals surface area contributed by atoms with Crippen LogP contribution in [-0.2, 0) is 19.1 Å². The van der Waals surface area contributed by atoms with Crippen molar-refractivity contribution in [3.05, 3.63) is 71.8 Å². The second-order valence-corrected chi connectivity index (χ2v) is 6.12. The molecule has 1 amide bonds. The fourth-order valence-electron chi connectivity index (χ4n) is 3.43. The zero-order valence-electron chi connectivity index (χ0n) is 13.3. The van der Waals surface area contributed by atoms with E-state index < -0.39 is 24.5 Å². The van der Waals surface area contributed by atoms with Crippen molar-refractivity contribution in [2.75, 3.05) is 6.54 Å². The summed E-state index contributed by atoms with van der Waals surface area (Å²) in [5.74, 6) is -1.46. The fourth-order valence-corrected chi connectivity index (χ4v) is 3.43. The zero-order valence-corrected chi connectivity index (χ0v) is 13.3. The highest BCUT2D eigenvalue weighted by Gasteiger charge is 2.52. The number of amides is 1. The maximum atomic E-state index is 12.8. The molecule has 2 heterocycles. The molecule has 2 aliphatic rings. The van der Waals surface area contributed by atoms with Gasteiger partial charge in [0.15, 0.2) is 6.10 Å². The van der Waals surface area contributed by atoms with E-state index >= 15 is 0 Å². The number of benzene rings is 2. The lowest BCUT2D eigenvalue weighted by Crippen LogP contribution is -2.50. The highest BCUT2D eigenvalue weighted by atomic mass is 16.7. The Kier molecular flexibility index (Phi) is 3.99. The van der Waals surface area contributed by atoms with E-state index in [1.54, 1.807) is 4.90 Å². The average Bonchev–Trinajstić information content (AvgIpc) is 3.01. The first-order valence-electron chi connectivity index (χ1n) is 8.09. The van der Waals surface area contributed by atoms with Gasteiger partial charge in [0.2, 0.25) is 6.29 Å². The molecule has 128 valence electrons. The molecule has 2 fully saturated rings. The maximum absolute atomic E-state index is 12.8. The van der Waals surface area contributed by atoms with Gasteiger partial charge in [0.05, 0.1) is 12.6 Å². The van der Waals surface area contributed by atoms with E-state index in [1.807, 2.05) is 60.7 Å². The van der Waals surface area contributed by atoms with Gasteiger partial charge in [0.1, 0.15) is 6.10 Å². The van der Waals surface area contributed by atoms with Gasteiger partial charge in [-0.2, -0.15) is 0 Å². The molecule has 2 aromatic carbocycles. The summed E-state index contributed by atoms with van der Waals surface area (Å²) in [6.45, 7) is 0.167. The fraction of sp³-hybridized carbons (Fsp3) is 0.263. The van der Waals surface area contributed by atoms with Crippen LogP contribution in [0.2, 0.25) is 0 Å². The quantitative estimate of drug-likeness (QED) is 0.919. The first kappa shape index (κ1) is 15.8. The molecule has 0 aliphatic carbocycles. The maximum Gasteiger partial charge on any atom is 0.335 e. The summed E-state index contributed by atoms with van der Waals surface area (Å²) >= 11 is 0. The van der Waals surface area contributed by atoms with Gasteiger partial charge in [0.25, 0.3) is 5.91 Å². The molecule has 6 nitrogen and oxygen atoms in total. The predicted octanol–water partition coefficient (Wildman–Crippen LogP) is 1.81. The van der Waals surface area contributed by atoms with Crippen LogP contribution in [0.3, 0.4) is 0 Å². The Morgan fingerprint density at radius 2 is 1.56 bits per heavy atom. The van der Waals surface area contributed by atoms with Crippen LogP contribution in [0.1, 0.15) is 17.2 Å². The summed E-state index contributed by atoms with van der Waals surface area (Å²) < 4.78 is 10.7. The summed E-state index contributed by atoms with van der Waals surface area (Å²) in [6, 6.07) is 19.0. The molecule has 2 saturated heterocycles. The van der Waals surface area contributed by atoms with Crippen LogP contribution in [0.4, 0.5) is 0 Å². The minimum absolute atomic E-state index is 0.167. The van der Waals surface area contributed by atoms with Crippen molar-refractivity contribution < 1.29 is 24.2 Å². The number of carbonyl (C=O) groups excluding carboxylic acids is 1. The number of hydrogen-bond acceptors (Lipinski definition) is 4. The van der Waals surface area contributed by atoms with Crippen LogP contribution in [-0.4, -0.2) is 46.9 Å². The number of carboxylic acids is 1. The Balaban J connectivity index is 1.73. The molecule has 0 unspecified atom stereocenters. The number of rotatable bonds is 4. The Bertz CT molecular complexity index is 739. The minimum Gasteiger partial charge on any atom is -0.479 e. The van der Waals surface area contributed by atoms with E-state index in [4.69, 9.17) is 9.47 Å². The van der Waals surface area contributed by atoms with Crippen LogP contribution in [0.5, 0.6) is 0 Å². The molecule has 0 radical (unpaired) electrons. The molecular weight excluding hydrogens is 322 g/mol. The molecule has 0 aromatic heterocycles. The van der Waals surface area contributed by atoms with E-state index in [1.165, 1.54) is 0 Å². The average molecular weight is 339 g/mol. The number of carbonyl (C=O) groups is 2. The van der Waals surface area contributed by atoms with Gasteiger partial charge in [-0.05, 0) is 11.1 Å². The normalized spacial score (nSPS) is 25.4. The van der Waals surface area contributed by atoms with Gasteiger partial charge in [0, 0.05) is 0 Å². The Morgan fingerprint density at radius 3 is 2.08 bits per heavy atom. The third-order valence-electron chi connectivity index (χ3n) is 4.55. The number of nitrogens with zero attached hydrogens (tertiary/aromatic N) is 1. The number of aliphatic carboxylic acids is 1. The van der Waals surface area contributed by atoms with E-state index in [0.29, 0.717) is 0 Å². The van der Waals surface area contributed by atoms with Crippen molar-refractivity contribution in [2.45, 2.75) is 24.5 Å². The van der Waals surface area contributed by atoms with Crippen LogP contribution in [0, 0.1) is 0 Å². The molecule has 2 aromatic rings. The Hall–Kier alpha value is -2.70. The molecule has 6 heteroatoms. The van der Waals surface area contributed by atoms with E-state index in [2.05, 4.69) is 0 Å². The number of fused-ring (bicyclic) bond motifs is 2. The number of morpholine rings is 1. The van der Waals surface area contributed by atoms with Crippen molar-refractivity contribution in [1.29, 1.82) is 0 Å². The lowest BCUT2D eigenvalue weighted by atomic mass is 9.96. The van der Waals surface area contributed by atoms with Crippen LogP contribution in [0.15, 0.2) is 60.7 Å². The third kappa shape index (κ3) is 2.79. The van der Waals surface area contributed by atoms with Crippen molar-refractivity contribution in [1.82, 2.24) is 4.90 Å². The smallest absolute Gasteiger partial charge is 0.335 e. The number of ether oxygens (including phenoxy) is 2. The van der Waals surface area contributed by atoms with Crippen LogP contribution < -0.4 is 0 Å². The zero-order chi connectivity index (χ0) is 17.4. The van der Waals surface area contributed by atoms with E-state index in [0.717, 1.165) is 11.1 Å². The largest absolute Gasteiger partial charge is 0.479 e. The number of carboxylic acid groups (broad SMARTS) is 1. The first-order valence-corrected chi connectivity index (χ1v) is 8.09. The monoisotopic (exact) mass is 339 g/mol. The summed E-state index contributed by atoms with van der Waals surface area (Å²) in [5.41, 5.74) is 1.91. The van der Waals surface area contributed by atoms with Crippen LogP contribution in [0.25, 0.3) is 0 Å². The lowest BCUT2D eigenvalue weighted by Gasteiger charge is -2.37. The lowest BCUT2D eigenvalue weighted by molar-refractivity contribution is -0.174. The van der Waals surface area contributed by atoms with Crippen molar-refractivity contribution >= 4 is 11.9 Å². The Labute approximate surface area is 144 Å². The van der Waals surface area contributed by atoms with Gasteiger partial charge >= 0.3 is 5.97 Å². The van der Waals surface area contributed by atoms with Crippen molar-refractivity contribution in [3.8, 4) is 0 Å². The minimum atomic E-state index is -1.16. The highest BCUT2D eigenvalue weighted by molar-refractivity contribution is 5.84. The molecule has 4 rings (SSSR count). The summed E-state index contributed by atoms with van der Waals surface area (Å²) in [5, 5.41) is 9.27. The molecule has 2 bridgehead atoms. The van der Waals surface area contributed by atoms with Gasteiger partial charge < -0.3 is 19.5 Å². The molecule has 1 N–H and O–H groups in total. The van der Waals surface area contributed by atoms with E-state index in [9.17, 15) is 14.7 Å². The Morgan fingerprint density at radius 1 is 1.00 bits per heavy atom. The van der Waals surface area contributed by atoms with E-state index in [-0.39, 0.29) is 18.5 Å². The van der Waals surface area contributed by atoms with Gasteiger partial charge in [-0.3, -0.25) is 4.79 Å². The van der Waals surface area contributed by atoms with Gasteiger partial charge in [-0.1, -0.05) is 60.7 Å². The molecule has 2 aliphatic heterocycles. The SMILES string of the molecule is O=C(O)[C@@H]1O[C@@H]2O[C@@H]1CN(C(c1ccccc1)c1ccccc1)C2=O. The van der Waals surface area contributed by atoms with Gasteiger partial charge in [-0.15, -0.1) is 0 Å². The second-order valence-electron chi connectivity index (χ2n) is 6.12. The van der Waals surface area contributed by atoms with Crippen molar-refractivity contribution in [2.24, 2.45) is 0 Å². The van der Waals surface area contributed by atoms with Crippen molar-refractivity contribution in [3.63, 3.8) is 0 Å². The number of hydrogen-bond donors (Lipinski definition) is 1. The van der Waals surface area contributed by atoms with Crippen LogP contribution >= 0.6 is 0 Å². The second kappa shape index (κ2) is 6.31. The topological polar surface area (TPSA) is 76.1 Å². The summed E-state index contributed by atoms with van der Waals surface area (Å²) in [6.07, 6.45) is -2.95. The molecule has 0 spiro atoms. The summed E-state index contributed by atoms with van der Waals surface area (Å²) in [4.78, 5) is 25.8. The molecule has 3 atom stereocenters. The van der Waals surface area contributed by atoms with Gasteiger partial charge in [-0.25, -0.2) is 4.79 Å². The summed E-state index contributed by atoms with van der Waals surface area (Å²) in [7, 11) is 0. The molecule has 0 saturated carbocycles. The molecule has 25 heavy (non-hydrogen) atoms. The standard InChI is InChI=1S/C19H17NO5/c21-17-19-24-14(16(25-19)18(22)23)11-20(17)15(12-7-3-1-4-8-12)13-9-5-2-6-10-13/h1-10,14-16,19H,11H2,(H,22,23)/t14-,16-,19+/m1/s1. The highest BCUT2D eigenvalue weighted by Crippen LogP contribution is 2.36.